The number of nitrogens with zero attached hydrogens (tertiary/aromatic N) is 2. The van der Waals surface area contributed by atoms with Gasteiger partial charge in [0.25, 0.3) is 0 Å². The van der Waals surface area contributed by atoms with Crippen molar-refractivity contribution in [1.82, 2.24) is 0 Å². The Morgan fingerprint density at radius 1 is 1.00 bits per heavy atom. The van der Waals surface area contributed by atoms with Gasteiger partial charge >= 0.3 is 0 Å². The van der Waals surface area contributed by atoms with Crippen molar-refractivity contribution < 1.29 is 4.74 Å². The highest BCUT2D eigenvalue weighted by Crippen LogP contribution is 2.23. The van der Waals surface area contributed by atoms with Crippen LogP contribution >= 0.6 is 0 Å². The van der Waals surface area contributed by atoms with E-state index in [0.29, 0.717) is 5.92 Å². The Bertz CT molecular complexity index is 183. The molecule has 0 N–H and O–H groups in total. The monoisotopic (exact) mass is 186 g/mol. The summed E-state index contributed by atoms with van der Waals surface area (Å²) < 4.78 is 5.15. The average Bonchev–Trinajstić information content (AvgIpc) is 2.01. The Balaban J connectivity index is 4.42. The van der Waals surface area contributed by atoms with Gasteiger partial charge in [0.2, 0.25) is 0 Å². The summed E-state index contributed by atoms with van der Waals surface area (Å²) in [6.45, 7) is 12.2. The fourth-order valence-corrected chi connectivity index (χ4v) is 0.406. The third-order valence-corrected chi connectivity index (χ3v) is 2.46. The fourth-order valence-electron chi connectivity index (χ4n) is 0.406. The molecule has 0 aromatic carbocycles. The van der Waals surface area contributed by atoms with Gasteiger partial charge in [0.1, 0.15) is 0 Å². The summed E-state index contributed by atoms with van der Waals surface area (Å²) in [5, 5.41) is 8.47. The summed E-state index contributed by atoms with van der Waals surface area (Å²) in [5.41, 5.74) is -0.623. The van der Waals surface area contributed by atoms with E-state index in [4.69, 9.17) is 4.74 Å². The van der Waals surface area contributed by atoms with Gasteiger partial charge in [0.05, 0.1) is 5.54 Å². The Labute approximate surface area is 81.6 Å². The van der Waals surface area contributed by atoms with Crippen LogP contribution in [-0.4, -0.2) is 18.4 Å². The topological polar surface area (TPSA) is 34.0 Å². The predicted molar refractivity (Wildman–Crippen MR) is 54.9 cm³/mol. The van der Waals surface area contributed by atoms with Crippen LogP contribution in [0.25, 0.3) is 0 Å². The molecule has 0 aromatic rings. The molecule has 0 bridgehead atoms. The zero-order valence-electron chi connectivity index (χ0n) is 9.88. The first-order chi connectivity index (χ1) is 5.71. The van der Waals surface area contributed by atoms with Crippen molar-refractivity contribution in [3.8, 4) is 0 Å². The number of rotatable bonds is 4. The van der Waals surface area contributed by atoms with Gasteiger partial charge in [0.15, 0.2) is 5.72 Å². The molecule has 0 fully saturated rings. The molecule has 78 valence electrons. The first kappa shape index (κ1) is 12.6. The molecule has 0 aliphatic rings. The average molecular weight is 186 g/mol. The number of hydrogen-bond acceptors (Lipinski definition) is 3. The lowest BCUT2D eigenvalue weighted by atomic mass is 9.92. The second-order valence-electron chi connectivity index (χ2n) is 4.66. The van der Waals surface area contributed by atoms with E-state index in [2.05, 4.69) is 37.9 Å². The van der Waals surface area contributed by atoms with Gasteiger partial charge < -0.3 is 4.74 Å². The summed E-state index contributed by atoms with van der Waals surface area (Å²) >= 11 is 0. The van der Waals surface area contributed by atoms with E-state index in [0.717, 1.165) is 0 Å². The van der Waals surface area contributed by atoms with Crippen molar-refractivity contribution >= 4 is 0 Å². The molecule has 0 heterocycles. The van der Waals surface area contributed by atoms with Crippen LogP contribution in [0.15, 0.2) is 10.2 Å². The highest BCUT2D eigenvalue weighted by Gasteiger charge is 2.23. The third kappa shape index (κ3) is 4.36. The Morgan fingerprint density at radius 3 is 1.77 bits per heavy atom. The van der Waals surface area contributed by atoms with Gasteiger partial charge in [-0.25, -0.2) is 0 Å². The minimum atomic E-state index is -0.508. The maximum absolute atomic E-state index is 5.15. The summed E-state index contributed by atoms with van der Waals surface area (Å²) in [6.07, 6.45) is 0. The van der Waals surface area contributed by atoms with E-state index in [-0.39, 0.29) is 5.54 Å². The normalized spacial score (nSPS) is 14.5. The quantitative estimate of drug-likeness (QED) is 0.620. The van der Waals surface area contributed by atoms with Crippen LogP contribution in [0, 0.1) is 5.92 Å². The lowest BCUT2D eigenvalue weighted by Crippen LogP contribution is -2.26. The molecule has 0 rings (SSSR count). The fraction of sp³-hybridized carbons (Fsp3) is 1.00. The number of azo groups is 1. The Morgan fingerprint density at radius 2 is 1.46 bits per heavy atom. The second-order valence-corrected chi connectivity index (χ2v) is 4.66. The van der Waals surface area contributed by atoms with Crippen LogP contribution < -0.4 is 0 Å². The van der Waals surface area contributed by atoms with Crippen LogP contribution in [-0.2, 0) is 4.74 Å². The summed E-state index contributed by atoms with van der Waals surface area (Å²) in [4.78, 5) is 0. The molecule has 0 aromatic heterocycles. The molecule has 0 spiro atoms. The molecule has 0 aliphatic carbocycles. The summed E-state index contributed by atoms with van der Waals surface area (Å²) in [6, 6.07) is 0. The standard InChI is InChI=1S/C10H22N2O/c1-8(2)9(3,4)11-12-10(5,6)13-7/h8H,1-7H3. The van der Waals surface area contributed by atoms with Gasteiger partial charge in [-0.2, -0.15) is 10.2 Å². The lowest BCUT2D eigenvalue weighted by molar-refractivity contribution is 0.0209. The first-order valence-corrected chi connectivity index (χ1v) is 4.70. The molecular weight excluding hydrogens is 164 g/mol. The smallest absolute Gasteiger partial charge is 0.172 e. The molecule has 0 atom stereocenters. The largest absolute Gasteiger partial charge is 0.356 e. The maximum Gasteiger partial charge on any atom is 0.172 e. The van der Waals surface area contributed by atoms with Gasteiger partial charge in [-0.05, 0) is 33.6 Å². The number of ether oxygens (including phenoxy) is 1. The maximum atomic E-state index is 5.15. The highest BCUT2D eigenvalue weighted by molar-refractivity contribution is 4.80. The van der Waals surface area contributed by atoms with Crippen molar-refractivity contribution in [1.29, 1.82) is 0 Å². The van der Waals surface area contributed by atoms with Crippen molar-refractivity contribution in [3.63, 3.8) is 0 Å². The Hall–Kier alpha value is -0.440. The minimum absolute atomic E-state index is 0.115. The molecule has 0 amide bonds. The molecule has 0 aliphatic heterocycles. The van der Waals surface area contributed by atoms with Crippen LogP contribution in [0.5, 0.6) is 0 Å². The van der Waals surface area contributed by atoms with Crippen LogP contribution in [0.4, 0.5) is 0 Å². The molecule has 0 unspecified atom stereocenters. The van der Waals surface area contributed by atoms with E-state index in [9.17, 15) is 0 Å². The SMILES string of the molecule is COC(C)(C)N=NC(C)(C)C(C)C. The van der Waals surface area contributed by atoms with Gasteiger partial charge in [-0.15, -0.1) is 0 Å². The van der Waals surface area contributed by atoms with E-state index >= 15 is 0 Å². The number of hydrogen-bond donors (Lipinski definition) is 0. The molecular formula is C10H22N2O. The molecule has 0 saturated carbocycles. The van der Waals surface area contributed by atoms with Crippen LogP contribution in [0.3, 0.4) is 0 Å². The van der Waals surface area contributed by atoms with E-state index in [1.807, 2.05) is 13.8 Å². The molecule has 0 radical (unpaired) electrons. The molecule has 3 nitrogen and oxygen atoms in total. The van der Waals surface area contributed by atoms with Crippen molar-refractivity contribution in [2.75, 3.05) is 7.11 Å². The van der Waals surface area contributed by atoms with Gasteiger partial charge in [-0.3, -0.25) is 0 Å². The summed E-state index contributed by atoms with van der Waals surface area (Å²) in [7, 11) is 1.64. The second kappa shape index (κ2) is 4.18. The lowest BCUT2D eigenvalue weighted by Gasteiger charge is -2.25. The van der Waals surface area contributed by atoms with Crippen molar-refractivity contribution in [2.45, 2.75) is 52.8 Å². The van der Waals surface area contributed by atoms with Gasteiger partial charge in [0, 0.05) is 7.11 Å². The highest BCUT2D eigenvalue weighted by atomic mass is 16.5. The van der Waals surface area contributed by atoms with E-state index in [1.54, 1.807) is 7.11 Å². The molecule has 0 saturated heterocycles. The van der Waals surface area contributed by atoms with Crippen LogP contribution in [0.2, 0.25) is 0 Å². The molecule has 13 heavy (non-hydrogen) atoms. The zero-order valence-corrected chi connectivity index (χ0v) is 9.88. The first-order valence-electron chi connectivity index (χ1n) is 4.70. The van der Waals surface area contributed by atoms with E-state index < -0.39 is 5.72 Å². The zero-order chi connectivity index (χ0) is 10.7. The van der Waals surface area contributed by atoms with E-state index in [1.165, 1.54) is 0 Å². The van der Waals surface area contributed by atoms with Crippen LogP contribution in [0.1, 0.15) is 41.5 Å². The Kier molecular flexibility index (Phi) is 4.04. The minimum Gasteiger partial charge on any atom is -0.356 e. The van der Waals surface area contributed by atoms with Gasteiger partial charge in [-0.1, -0.05) is 13.8 Å². The third-order valence-electron chi connectivity index (χ3n) is 2.46. The molecule has 3 heteroatoms. The van der Waals surface area contributed by atoms with Crippen molar-refractivity contribution in [3.05, 3.63) is 0 Å². The predicted octanol–water partition coefficient (Wildman–Crippen LogP) is 3.26. The number of methoxy groups -OCH3 is 1. The van der Waals surface area contributed by atoms with Crippen molar-refractivity contribution in [2.24, 2.45) is 16.1 Å². The summed E-state index contributed by atoms with van der Waals surface area (Å²) in [5.74, 6) is 0.476.